The molecule has 0 aliphatic rings. The van der Waals surface area contributed by atoms with Crippen molar-refractivity contribution in [1.29, 1.82) is 0 Å². The number of phosphoric acid groups is 1. The summed E-state index contributed by atoms with van der Waals surface area (Å²) < 4.78 is 33.0. The predicted octanol–water partition coefficient (Wildman–Crippen LogP) is 20.7. The van der Waals surface area contributed by atoms with E-state index >= 15 is 0 Å². The summed E-state index contributed by atoms with van der Waals surface area (Å²) in [6.07, 6.45) is 102. The third-order valence-corrected chi connectivity index (χ3v) is 13.1. The van der Waals surface area contributed by atoms with Gasteiger partial charge in [0.1, 0.15) is 6.61 Å². The van der Waals surface area contributed by atoms with Crippen molar-refractivity contribution < 1.29 is 37.6 Å². The Morgan fingerprint density at radius 3 is 0.952 bits per heavy atom. The number of hydrogen-bond donors (Lipinski definition) is 2. The summed E-state index contributed by atoms with van der Waals surface area (Å²) in [5.74, 6) is -0.911. The Kier molecular flexibility index (Phi) is 61.5. The number of nitrogens with two attached hydrogens (primary N) is 1. The minimum Gasteiger partial charge on any atom is -0.462 e. The highest BCUT2D eigenvalue weighted by Crippen LogP contribution is 2.43. The summed E-state index contributed by atoms with van der Waals surface area (Å²) in [7, 11) is -4.42. The minimum atomic E-state index is -4.42. The van der Waals surface area contributed by atoms with Crippen LogP contribution in [-0.4, -0.2) is 49.3 Å². The van der Waals surface area contributed by atoms with Crippen molar-refractivity contribution in [3.05, 3.63) is 207 Å². The molecule has 0 heterocycles. The summed E-state index contributed by atoms with van der Waals surface area (Å²) in [5.41, 5.74) is 5.38. The van der Waals surface area contributed by atoms with Crippen LogP contribution in [0.1, 0.15) is 206 Å². The van der Waals surface area contributed by atoms with Gasteiger partial charge in [-0.1, -0.05) is 253 Å². The van der Waals surface area contributed by atoms with Crippen LogP contribution in [0.15, 0.2) is 207 Å². The van der Waals surface area contributed by atoms with Crippen LogP contribution in [0, 0.1) is 0 Å². The summed E-state index contributed by atoms with van der Waals surface area (Å²) in [6, 6.07) is 0. The highest BCUT2D eigenvalue weighted by molar-refractivity contribution is 7.47. The zero-order valence-electron chi connectivity index (χ0n) is 51.6. The second kappa shape index (κ2) is 65.7. The summed E-state index contributed by atoms with van der Waals surface area (Å²) >= 11 is 0. The number of hydrogen-bond acceptors (Lipinski definition) is 8. The number of esters is 2. The minimum absolute atomic E-state index is 0.0319. The van der Waals surface area contributed by atoms with Crippen LogP contribution in [0.3, 0.4) is 0 Å². The van der Waals surface area contributed by atoms with Crippen LogP contribution < -0.4 is 5.73 Å². The average Bonchev–Trinajstić information content (AvgIpc) is 3.49. The van der Waals surface area contributed by atoms with E-state index in [4.69, 9.17) is 24.3 Å². The normalized spacial score (nSPS) is 14.4. The van der Waals surface area contributed by atoms with Crippen molar-refractivity contribution in [2.24, 2.45) is 5.73 Å². The Bertz CT molecular complexity index is 2110. The van der Waals surface area contributed by atoms with Crippen LogP contribution in [0.25, 0.3) is 0 Å². The Labute approximate surface area is 506 Å². The van der Waals surface area contributed by atoms with Gasteiger partial charge in [0.2, 0.25) is 0 Å². The Morgan fingerprint density at radius 1 is 0.361 bits per heavy atom. The van der Waals surface area contributed by atoms with Crippen LogP contribution in [0.4, 0.5) is 0 Å². The van der Waals surface area contributed by atoms with E-state index in [-0.39, 0.29) is 32.6 Å². The molecule has 0 amide bonds. The topological polar surface area (TPSA) is 134 Å². The second-order valence-electron chi connectivity index (χ2n) is 19.8. The van der Waals surface area contributed by atoms with Crippen molar-refractivity contribution >= 4 is 19.8 Å². The number of allylic oxidation sites excluding steroid dienone is 34. The molecule has 10 heteroatoms. The van der Waals surface area contributed by atoms with E-state index in [1.807, 2.05) is 0 Å². The van der Waals surface area contributed by atoms with Gasteiger partial charge in [-0.3, -0.25) is 18.6 Å². The quantitative estimate of drug-likeness (QED) is 0.0264. The van der Waals surface area contributed by atoms with Gasteiger partial charge in [0.15, 0.2) is 6.10 Å². The first-order chi connectivity index (χ1) is 40.8. The molecule has 9 nitrogen and oxygen atoms in total. The lowest BCUT2D eigenvalue weighted by Gasteiger charge is -2.19. The highest BCUT2D eigenvalue weighted by atomic mass is 31.2. The molecule has 0 spiro atoms. The zero-order valence-corrected chi connectivity index (χ0v) is 52.5. The van der Waals surface area contributed by atoms with Gasteiger partial charge in [0.05, 0.1) is 13.2 Å². The molecule has 2 unspecified atom stereocenters. The second-order valence-corrected chi connectivity index (χ2v) is 21.3. The van der Waals surface area contributed by atoms with Gasteiger partial charge in [0, 0.05) is 19.4 Å². The predicted molar refractivity (Wildman–Crippen MR) is 357 cm³/mol. The monoisotopic (exact) mass is 1160 g/mol. The number of ether oxygens (including phenoxy) is 2. The zero-order chi connectivity index (χ0) is 60.1. The first-order valence-corrected chi connectivity index (χ1v) is 33.1. The number of phosphoric ester groups is 1. The maximum atomic E-state index is 12.7. The van der Waals surface area contributed by atoms with Crippen LogP contribution in [0.2, 0.25) is 0 Å². The lowest BCUT2D eigenvalue weighted by Crippen LogP contribution is -2.29. The maximum absolute atomic E-state index is 12.7. The first kappa shape index (κ1) is 77.6. The molecule has 3 N–H and O–H groups in total. The fourth-order valence-corrected chi connectivity index (χ4v) is 8.35. The first-order valence-electron chi connectivity index (χ1n) is 31.6. The molecule has 0 aromatic rings. The van der Waals surface area contributed by atoms with E-state index in [0.29, 0.717) is 12.8 Å². The molecule has 83 heavy (non-hydrogen) atoms. The van der Waals surface area contributed by atoms with Crippen LogP contribution in [-0.2, 0) is 32.7 Å². The van der Waals surface area contributed by atoms with Crippen LogP contribution >= 0.6 is 7.82 Å². The summed E-state index contributed by atoms with van der Waals surface area (Å²) in [5, 5.41) is 0. The lowest BCUT2D eigenvalue weighted by atomic mass is 10.1. The highest BCUT2D eigenvalue weighted by Gasteiger charge is 2.26. The molecular formula is C73H112NO8P. The number of unbranched alkanes of at least 4 members (excludes halogenated alkanes) is 9. The molecule has 0 saturated heterocycles. The van der Waals surface area contributed by atoms with Crippen molar-refractivity contribution in [2.45, 2.75) is 213 Å². The fraction of sp³-hybridized carbons (Fsp3) is 0.507. The van der Waals surface area contributed by atoms with Gasteiger partial charge >= 0.3 is 19.8 Å². The van der Waals surface area contributed by atoms with E-state index < -0.39 is 32.5 Å². The van der Waals surface area contributed by atoms with Gasteiger partial charge in [-0.05, 0) is 148 Å². The number of carbonyl (C=O) groups is 2. The smallest absolute Gasteiger partial charge is 0.462 e. The van der Waals surface area contributed by atoms with Gasteiger partial charge in [-0.2, -0.15) is 0 Å². The third-order valence-electron chi connectivity index (χ3n) is 12.2. The third kappa shape index (κ3) is 65.6. The van der Waals surface area contributed by atoms with Gasteiger partial charge < -0.3 is 20.1 Å². The molecule has 0 aromatic carbocycles. The fourth-order valence-electron chi connectivity index (χ4n) is 7.58. The molecule has 2 atom stereocenters. The number of carbonyl (C=O) groups excluding carboxylic acids is 2. The van der Waals surface area contributed by atoms with Gasteiger partial charge in [-0.15, -0.1) is 0 Å². The molecule has 462 valence electrons. The van der Waals surface area contributed by atoms with Gasteiger partial charge in [-0.25, -0.2) is 4.57 Å². The molecule has 0 aliphatic carbocycles. The van der Waals surface area contributed by atoms with Crippen molar-refractivity contribution in [2.75, 3.05) is 26.4 Å². The molecule has 0 radical (unpaired) electrons. The molecule has 0 bridgehead atoms. The largest absolute Gasteiger partial charge is 0.472 e. The van der Waals surface area contributed by atoms with Crippen molar-refractivity contribution in [1.82, 2.24) is 0 Å². The Balaban J connectivity index is 4.15. The molecule has 0 saturated carbocycles. The summed E-state index contributed by atoms with van der Waals surface area (Å²) in [4.78, 5) is 35.3. The van der Waals surface area contributed by atoms with E-state index in [0.717, 1.165) is 148 Å². The molecule has 0 rings (SSSR count). The Hall–Kier alpha value is -5.41. The molecular weight excluding hydrogens is 1050 g/mol. The SMILES string of the molecule is CC/C=C\C/C=C\C/C=C\C/C=C\C/C=C\C/C=C\C/C=C\C/C=C\C/C=C\C/C=C\CCCCC(=O)OC(COC(=O)CCCCCCCCC/C=C\C/C=C\C/C=C\C/C=C\C/C=C\C/C=C\C/C=C\CC)COP(=O)(O)OCCN. The molecule has 0 aliphatic heterocycles. The van der Waals surface area contributed by atoms with Crippen molar-refractivity contribution in [3.8, 4) is 0 Å². The number of rotatable bonds is 56. The molecule has 0 fully saturated rings. The van der Waals surface area contributed by atoms with E-state index in [9.17, 15) is 19.0 Å². The lowest BCUT2D eigenvalue weighted by molar-refractivity contribution is -0.161. The van der Waals surface area contributed by atoms with E-state index in [1.165, 1.54) is 19.3 Å². The van der Waals surface area contributed by atoms with Gasteiger partial charge in [0.25, 0.3) is 0 Å². The van der Waals surface area contributed by atoms with E-state index in [2.05, 4.69) is 220 Å². The Morgan fingerprint density at radius 2 is 0.627 bits per heavy atom. The average molecular weight is 1160 g/mol. The van der Waals surface area contributed by atoms with Crippen molar-refractivity contribution in [3.63, 3.8) is 0 Å². The standard InChI is InChI=1S/C73H112NO8P/c1-3-5-7-9-11-13-15-17-19-21-23-25-27-29-31-33-34-35-36-38-40-42-44-46-48-50-52-54-56-58-60-62-64-66-73(76)82-71(70-81-83(77,78)80-68-67-74)69-79-72(75)65-63-61-59-57-55-53-51-49-47-45-43-41-39-37-32-30-28-26-24-22-20-18-16-14-12-10-8-6-4-2/h5-8,11-14,17-20,23-26,29-32,34-35,38-41,44-47,50,52,56,58,71H,3-4,9-10,15-16,21-22,27-28,33,36-37,42-43,48-49,51,53-55,57,59-70,74H2,1-2H3,(H,77,78)/b7-5-,8-6-,13-11-,14-12-,19-17-,20-18-,25-23-,26-24-,31-29-,32-30-,35-34-,40-38-,41-39-,46-44-,47-45-,52-50-,58-56-. The molecule has 0 aromatic heterocycles. The summed E-state index contributed by atoms with van der Waals surface area (Å²) in [6.45, 7) is 3.42. The van der Waals surface area contributed by atoms with E-state index in [1.54, 1.807) is 0 Å². The maximum Gasteiger partial charge on any atom is 0.472 e. The van der Waals surface area contributed by atoms with Crippen LogP contribution in [0.5, 0.6) is 0 Å².